The second kappa shape index (κ2) is 5.22. The normalized spacial score (nSPS) is 17.8. The van der Waals surface area contributed by atoms with E-state index in [1.165, 1.54) is 0 Å². The van der Waals surface area contributed by atoms with Gasteiger partial charge in [-0.2, -0.15) is 0 Å². The molecule has 0 amide bonds. The molecule has 1 aliphatic heterocycles. The molecule has 1 saturated heterocycles. The van der Waals surface area contributed by atoms with Gasteiger partial charge < -0.3 is 9.31 Å². The smallest absolute Gasteiger partial charge is 0.494 e. The molecule has 1 aromatic carbocycles. The summed E-state index contributed by atoms with van der Waals surface area (Å²) in [5, 5.41) is 0. The van der Waals surface area contributed by atoms with Crippen LogP contribution in [0.2, 0.25) is 0 Å². The summed E-state index contributed by atoms with van der Waals surface area (Å²) in [5.74, 6) is -0.814. The van der Waals surface area contributed by atoms with Crippen molar-refractivity contribution in [3.05, 3.63) is 29.8 Å². The maximum Gasteiger partial charge on any atom is 0.636 e. The van der Waals surface area contributed by atoms with Gasteiger partial charge in [0, 0.05) is 5.46 Å². The lowest BCUT2D eigenvalue weighted by molar-refractivity contribution is -0.145. The van der Waals surface area contributed by atoms with Crippen LogP contribution in [0.3, 0.4) is 0 Å². The van der Waals surface area contributed by atoms with E-state index in [1.807, 2.05) is 19.1 Å². The SMILES string of the molecule is Cc1ccc(B2OC(=O)CN(C)CC(=O)O2)cc1. The predicted octanol–water partition coefficient (Wildman–Crippen LogP) is -0.278. The molecule has 0 saturated carbocycles. The first kappa shape index (κ1) is 12.6. The molecule has 5 nitrogen and oxygen atoms in total. The molecule has 0 spiro atoms. The largest absolute Gasteiger partial charge is 0.636 e. The number of rotatable bonds is 1. The van der Waals surface area contributed by atoms with Crippen molar-refractivity contribution >= 4 is 24.5 Å². The van der Waals surface area contributed by atoms with Crippen LogP contribution < -0.4 is 5.46 Å². The molecule has 0 aliphatic carbocycles. The molecule has 18 heavy (non-hydrogen) atoms. The average molecular weight is 247 g/mol. The predicted molar refractivity (Wildman–Crippen MR) is 66.2 cm³/mol. The van der Waals surface area contributed by atoms with E-state index in [4.69, 9.17) is 9.31 Å². The maximum absolute atomic E-state index is 11.5. The summed E-state index contributed by atoms with van der Waals surface area (Å²) in [6.45, 7) is 2.11. The molecule has 1 fully saturated rings. The molecule has 1 heterocycles. The standard InChI is InChI=1S/C12H14BNO4/c1-9-3-5-10(6-4-9)13-17-11(15)7-14(2)8-12(16)18-13/h3-6H,7-8H2,1-2H3. The van der Waals surface area contributed by atoms with Gasteiger partial charge in [0.15, 0.2) is 0 Å². The molecule has 0 atom stereocenters. The van der Waals surface area contributed by atoms with Gasteiger partial charge in [-0.05, 0) is 14.0 Å². The fourth-order valence-electron chi connectivity index (χ4n) is 1.69. The minimum Gasteiger partial charge on any atom is -0.494 e. The molecule has 1 aliphatic rings. The minimum absolute atomic E-state index is 0.0808. The van der Waals surface area contributed by atoms with Crippen LogP contribution in [0.15, 0.2) is 24.3 Å². The second-order valence-electron chi connectivity index (χ2n) is 4.39. The first-order valence-electron chi connectivity index (χ1n) is 5.68. The van der Waals surface area contributed by atoms with Gasteiger partial charge in [-0.1, -0.05) is 29.8 Å². The summed E-state index contributed by atoms with van der Waals surface area (Å²) in [7, 11) is 0.716. The van der Waals surface area contributed by atoms with Crippen molar-refractivity contribution in [2.45, 2.75) is 6.92 Å². The third-order valence-corrected chi connectivity index (χ3v) is 2.62. The average Bonchev–Trinajstić information content (AvgIpc) is 2.26. The Kier molecular flexibility index (Phi) is 3.67. The second-order valence-corrected chi connectivity index (χ2v) is 4.39. The van der Waals surface area contributed by atoms with E-state index in [-0.39, 0.29) is 13.1 Å². The van der Waals surface area contributed by atoms with Gasteiger partial charge in [-0.25, -0.2) is 0 Å². The van der Waals surface area contributed by atoms with E-state index in [1.54, 1.807) is 24.1 Å². The molecular formula is C12H14BNO4. The molecule has 1 aromatic rings. The van der Waals surface area contributed by atoms with Crippen molar-refractivity contribution in [1.82, 2.24) is 4.90 Å². The number of nitrogens with zero attached hydrogens (tertiary/aromatic N) is 1. The molecule has 0 aromatic heterocycles. The lowest BCUT2D eigenvalue weighted by atomic mass is 9.78. The van der Waals surface area contributed by atoms with Crippen LogP contribution in [0.1, 0.15) is 5.56 Å². The van der Waals surface area contributed by atoms with Gasteiger partial charge in [-0.3, -0.25) is 14.5 Å². The van der Waals surface area contributed by atoms with E-state index >= 15 is 0 Å². The molecule has 0 bridgehead atoms. The minimum atomic E-state index is -0.945. The Labute approximate surface area is 106 Å². The van der Waals surface area contributed by atoms with Crippen molar-refractivity contribution in [2.75, 3.05) is 20.1 Å². The van der Waals surface area contributed by atoms with Gasteiger partial charge in [0.1, 0.15) is 0 Å². The molecule has 0 unspecified atom stereocenters. The number of carbonyl (C=O) groups is 2. The van der Waals surface area contributed by atoms with Crippen LogP contribution in [0.25, 0.3) is 0 Å². The first-order valence-corrected chi connectivity index (χ1v) is 5.68. The lowest BCUT2D eigenvalue weighted by Gasteiger charge is -2.22. The Morgan fingerprint density at radius 2 is 1.56 bits per heavy atom. The summed E-state index contributed by atoms with van der Waals surface area (Å²) in [6, 6.07) is 7.32. The van der Waals surface area contributed by atoms with Gasteiger partial charge in [0.25, 0.3) is 0 Å². The van der Waals surface area contributed by atoms with Crippen LogP contribution in [0.4, 0.5) is 0 Å². The van der Waals surface area contributed by atoms with Crippen molar-refractivity contribution in [2.24, 2.45) is 0 Å². The number of benzene rings is 1. The Bertz CT molecular complexity index is 440. The van der Waals surface area contributed by atoms with Crippen LogP contribution in [0, 0.1) is 6.92 Å². The zero-order chi connectivity index (χ0) is 13.1. The Morgan fingerprint density at radius 3 is 2.06 bits per heavy atom. The molecule has 0 radical (unpaired) electrons. The van der Waals surface area contributed by atoms with Crippen LogP contribution in [0.5, 0.6) is 0 Å². The summed E-state index contributed by atoms with van der Waals surface area (Å²) in [5.41, 5.74) is 1.74. The van der Waals surface area contributed by atoms with Crippen LogP contribution in [-0.4, -0.2) is 44.1 Å². The number of likely N-dealkylation sites (N-methyl/N-ethyl adjacent to an activating group) is 1. The topological polar surface area (TPSA) is 55.8 Å². The summed E-state index contributed by atoms with van der Waals surface area (Å²) < 4.78 is 10.3. The van der Waals surface area contributed by atoms with Crippen molar-refractivity contribution in [3.63, 3.8) is 0 Å². The third-order valence-electron chi connectivity index (χ3n) is 2.62. The zero-order valence-corrected chi connectivity index (χ0v) is 10.4. The number of hydrogen-bond donors (Lipinski definition) is 0. The Hall–Kier alpha value is -1.82. The summed E-state index contributed by atoms with van der Waals surface area (Å²) in [6.07, 6.45) is 0. The van der Waals surface area contributed by atoms with Crippen LogP contribution >= 0.6 is 0 Å². The molecule has 94 valence electrons. The van der Waals surface area contributed by atoms with Crippen molar-refractivity contribution in [1.29, 1.82) is 0 Å². The van der Waals surface area contributed by atoms with E-state index in [2.05, 4.69) is 0 Å². The highest BCUT2D eigenvalue weighted by atomic mass is 16.6. The number of carbonyl (C=O) groups excluding carboxylic acids is 2. The van der Waals surface area contributed by atoms with Gasteiger partial charge in [0.2, 0.25) is 0 Å². The van der Waals surface area contributed by atoms with E-state index < -0.39 is 19.1 Å². The Balaban J connectivity index is 2.18. The molecule has 0 N–H and O–H groups in total. The van der Waals surface area contributed by atoms with Crippen LogP contribution in [-0.2, 0) is 18.9 Å². The highest BCUT2D eigenvalue weighted by Gasteiger charge is 2.33. The lowest BCUT2D eigenvalue weighted by Crippen LogP contribution is -2.47. The number of aryl methyl sites for hydroxylation is 1. The van der Waals surface area contributed by atoms with Gasteiger partial charge in [-0.15, -0.1) is 0 Å². The van der Waals surface area contributed by atoms with Crippen molar-refractivity contribution < 1.29 is 18.9 Å². The highest BCUT2D eigenvalue weighted by Crippen LogP contribution is 2.02. The molecule has 2 rings (SSSR count). The van der Waals surface area contributed by atoms with Crippen molar-refractivity contribution in [3.8, 4) is 0 Å². The number of hydrogen-bond acceptors (Lipinski definition) is 5. The monoisotopic (exact) mass is 247 g/mol. The highest BCUT2D eigenvalue weighted by molar-refractivity contribution is 6.64. The fraction of sp³-hybridized carbons (Fsp3) is 0.333. The summed E-state index contributed by atoms with van der Waals surface area (Å²) >= 11 is 0. The first-order chi connectivity index (χ1) is 8.54. The van der Waals surface area contributed by atoms with E-state index in [0.29, 0.717) is 5.46 Å². The quantitative estimate of drug-likeness (QED) is 0.639. The zero-order valence-electron chi connectivity index (χ0n) is 10.4. The van der Waals surface area contributed by atoms with E-state index in [9.17, 15) is 9.59 Å². The molecule has 6 heteroatoms. The fourth-order valence-corrected chi connectivity index (χ4v) is 1.69. The van der Waals surface area contributed by atoms with Gasteiger partial charge >= 0.3 is 19.1 Å². The summed E-state index contributed by atoms with van der Waals surface area (Å²) in [4.78, 5) is 24.6. The molecular weight excluding hydrogens is 233 g/mol. The Morgan fingerprint density at radius 1 is 1.06 bits per heavy atom. The third kappa shape index (κ3) is 3.10. The van der Waals surface area contributed by atoms with Gasteiger partial charge in [0.05, 0.1) is 13.1 Å². The van der Waals surface area contributed by atoms with E-state index in [0.717, 1.165) is 5.56 Å². The maximum atomic E-state index is 11.5.